The van der Waals surface area contributed by atoms with Gasteiger partial charge in [0.1, 0.15) is 5.65 Å². The molecule has 186 valence electrons. The fourth-order valence-corrected chi connectivity index (χ4v) is 4.81. The van der Waals surface area contributed by atoms with Gasteiger partial charge in [-0.25, -0.2) is 4.98 Å². The summed E-state index contributed by atoms with van der Waals surface area (Å²) in [5, 5.41) is 0.508. The van der Waals surface area contributed by atoms with E-state index in [0.29, 0.717) is 59.8 Å². The van der Waals surface area contributed by atoms with Crippen molar-refractivity contribution in [1.29, 1.82) is 0 Å². The van der Waals surface area contributed by atoms with Crippen molar-refractivity contribution in [3.63, 3.8) is 0 Å². The van der Waals surface area contributed by atoms with Crippen LogP contribution in [0.2, 0.25) is 10.0 Å². The molecule has 4 rings (SSSR count). The van der Waals surface area contributed by atoms with E-state index in [0.717, 1.165) is 5.56 Å². The Hall–Kier alpha value is -3.19. The van der Waals surface area contributed by atoms with Crippen molar-refractivity contribution in [3.05, 3.63) is 116 Å². The molecule has 2 aromatic heterocycles. The van der Waals surface area contributed by atoms with Crippen molar-refractivity contribution in [2.24, 2.45) is 5.73 Å². The first-order valence-electron chi connectivity index (χ1n) is 11.9. The third kappa shape index (κ3) is 5.31. The number of pyridine rings is 1. The van der Waals surface area contributed by atoms with E-state index in [2.05, 4.69) is 0 Å². The molecular weight excluding hydrogens is 495 g/mol. The smallest absolute Gasteiger partial charge is 0.261 e. The Morgan fingerprint density at radius 1 is 1.06 bits per heavy atom. The van der Waals surface area contributed by atoms with E-state index in [1.165, 1.54) is 0 Å². The predicted octanol–water partition coefficient (Wildman–Crippen LogP) is 5.53. The van der Waals surface area contributed by atoms with Gasteiger partial charge in [0.05, 0.1) is 27.3 Å². The third-order valence-electron chi connectivity index (χ3n) is 6.21. The molecule has 6 nitrogen and oxygen atoms in total. The Kier molecular flexibility index (Phi) is 8.41. The number of carbonyl (C=O) groups excluding carboxylic acids is 1. The lowest BCUT2D eigenvalue weighted by atomic mass is 9.97. The molecular formula is C28H28Cl2N4O2. The van der Waals surface area contributed by atoms with Crippen LogP contribution in [-0.2, 0) is 6.42 Å². The summed E-state index contributed by atoms with van der Waals surface area (Å²) in [6.07, 6.45) is 3.24. The minimum atomic E-state index is -0.462. The van der Waals surface area contributed by atoms with Crippen LogP contribution in [0.5, 0.6) is 0 Å². The standard InChI is InChI=1S/C28H28Cl2N4O2/c1-2-23(33(17-9-15-31)27(35)20-12-8-13-22(29)25(20)30)26-21(18-19-10-4-3-5-11-19)28(36)34-16-7-6-14-24(34)32-26/h3-8,10-14,16,23H,2,9,15,17-18,31H2,1H3. The zero-order valence-corrected chi connectivity index (χ0v) is 21.5. The molecule has 0 aliphatic carbocycles. The van der Waals surface area contributed by atoms with Crippen molar-refractivity contribution in [3.8, 4) is 0 Å². The Morgan fingerprint density at radius 2 is 1.81 bits per heavy atom. The number of amides is 1. The minimum absolute atomic E-state index is 0.148. The minimum Gasteiger partial charge on any atom is -0.330 e. The number of nitrogens with zero attached hydrogens (tertiary/aromatic N) is 3. The third-order valence-corrected chi connectivity index (χ3v) is 7.03. The molecule has 2 N–H and O–H groups in total. The van der Waals surface area contributed by atoms with Gasteiger partial charge in [-0.15, -0.1) is 0 Å². The molecule has 0 spiro atoms. The lowest BCUT2D eigenvalue weighted by Gasteiger charge is -2.32. The van der Waals surface area contributed by atoms with E-state index in [9.17, 15) is 9.59 Å². The van der Waals surface area contributed by atoms with Gasteiger partial charge in [0.25, 0.3) is 11.5 Å². The summed E-state index contributed by atoms with van der Waals surface area (Å²) >= 11 is 12.6. The highest BCUT2D eigenvalue weighted by molar-refractivity contribution is 6.43. The average Bonchev–Trinajstić information content (AvgIpc) is 2.90. The highest BCUT2D eigenvalue weighted by atomic mass is 35.5. The topological polar surface area (TPSA) is 80.7 Å². The first-order valence-corrected chi connectivity index (χ1v) is 12.7. The second kappa shape index (κ2) is 11.7. The molecule has 0 saturated heterocycles. The number of hydrogen-bond donors (Lipinski definition) is 1. The van der Waals surface area contributed by atoms with E-state index in [-0.39, 0.29) is 16.5 Å². The van der Waals surface area contributed by atoms with Crippen LogP contribution < -0.4 is 11.3 Å². The second-order valence-corrected chi connectivity index (χ2v) is 9.32. The van der Waals surface area contributed by atoms with Crippen LogP contribution in [0.25, 0.3) is 5.65 Å². The molecule has 0 bridgehead atoms. The normalized spacial score (nSPS) is 12.0. The van der Waals surface area contributed by atoms with Crippen LogP contribution in [0.15, 0.2) is 77.7 Å². The van der Waals surface area contributed by atoms with Crippen molar-refractivity contribution in [2.75, 3.05) is 13.1 Å². The summed E-state index contributed by atoms with van der Waals surface area (Å²) in [6, 6.07) is 19.8. The van der Waals surface area contributed by atoms with Gasteiger partial charge in [0, 0.05) is 24.7 Å². The van der Waals surface area contributed by atoms with Gasteiger partial charge in [0.15, 0.2) is 0 Å². The molecule has 1 amide bonds. The van der Waals surface area contributed by atoms with Crippen LogP contribution in [0.4, 0.5) is 0 Å². The fourth-order valence-electron chi connectivity index (χ4n) is 4.43. The fraction of sp³-hybridized carbons (Fsp3) is 0.250. The summed E-state index contributed by atoms with van der Waals surface area (Å²) in [4.78, 5) is 34.2. The van der Waals surface area contributed by atoms with E-state index in [1.54, 1.807) is 45.8 Å². The van der Waals surface area contributed by atoms with Gasteiger partial charge in [-0.2, -0.15) is 0 Å². The van der Waals surface area contributed by atoms with E-state index in [1.807, 2.05) is 43.3 Å². The highest BCUT2D eigenvalue weighted by Crippen LogP contribution is 2.32. The van der Waals surface area contributed by atoms with E-state index in [4.69, 9.17) is 33.9 Å². The molecule has 0 aliphatic heterocycles. The molecule has 2 aromatic carbocycles. The molecule has 4 aromatic rings. The summed E-state index contributed by atoms with van der Waals surface area (Å²) in [5.74, 6) is -0.275. The van der Waals surface area contributed by atoms with Crippen LogP contribution >= 0.6 is 23.2 Å². The number of carbonyl (C=O) groups is 1. The Morgan fingerprint density at radius 3 is 2.53 bits per heavy atom. The van der Waals surface area contributed by atoms with E-state index < -0.39 is 6.04 Å². The van der Waals surface area contributed by atoms with E-state index >= 15 is 0 Å². The number of rotatable bonds is 9. The van der Waals surface area contributed by atoms with Crippen molar-refractivity contribution in [1.82, 2.24) is 14.3 Å². The SMILES string of the molecule is CCC(c1nc2ccccn2c(=O)c1Cc1ccccc1)N(CCCN)C(=O)c1cccc(Cl)c1Cl. The van der Waals surface area contributed by atoms with Gasteiger partial charge in [-0.05, 0) is 49.2 Å². The predicted molar refractivity (Wildman–Crippen MR) is 145 cm³/mol. The molecule has 0 aliphatic rings. The van der Waals surface area contributed by atoms with Crippen LogP contribution in [-0.4, -0.2) is 33.3 Å². The highest BCUT2D eigenvalue weighted by Gasteiger charge is 2.30. The Bertz CT molecular complexity index is 1420. The number of fused-ring (bicyclic) bond motifs is 1. The monoisotopic (exact) mass is 522 g/mol. The number of hydrogen-bond acceptors (Lipinski definition) is 4. The summed E-state index contributed by atoms with van der Waals surface area (Å²) in [6.45, 7) is 2.78. The molecule has 1 atom stereocenters. The van der Waals surface area contributed by atoms with Crippen LogP contribution in [0.1, 0.15) is 53.0 Å². The maximum Gasteiger partial charge on any atom is 0.261 e. The first-order chi connectivity index (χ1) is 17.5. The number of benzene rings is 2. The Balaban J connectivity index is 1.89. The summed E-state index contributed by atoms with van der Waals surface area (Å²) in [5.41, 5.74) is 8.64. The van der Waals surface area contributed by atoms with Crippen LogP contribution in [0, 0.1) is 0 Å². The molecule has 2 heterocycles. The van der Waals surface area contributed by atoms with Gasteiger partial charge >= 0.3 is 0 Å². The zero-order chi connectivity index (χ0) is 25.7. The molecule has 0 saturated carbocycles. The first kappa shape index (κ1) is 25.9. The zero-order valence-electron chi connectivity index (χ0n) is 20.0. The lowest BCUT2D eigenvalue weighted by molar-refractivity contribution is 0.0664. The van der Waals surface area contributed by atoms with Crippen molar-refractivity contribution in [2.45, 2.75) is 32.2 Å². The Labute approximate surface area is 220 Å². The van der Waals surface area contributed by atoms with Gasteiger partial charge in [0.2, 0.25) is 0 Å². The van der Waals surface area contributed by atoms with Crippen molar-refractivity contribution >= 4 is 34.8 Å². The van der Waals surface area contributed by atoms with Crippen LogP contribution in [0.3, 0.4) is 0 Å². The number of nitrogens with two attached hydrogens (primary N) is 1. The largest absolute Gasteiger partial charge is 0.330 e. The average molecular weight is 523 g/mol. The van der Waals surface area contributed by atoms with Gasteiger partial charge in [-0.1, -0.05) is 72.6 Å². The van der Waals surface area contributed by atoms with Gasteiger partial charge in [-0.3, -0.25) is 14.0 Å². The maximum absolute atomic E-state index is 13.8. The molecule has 1 unspecified atom stereocenters. The number of aromatic nitrogens is 2. The maximum atomic E-state index is 13.8. The second-order valence-electron chi connectivity index (χ2n) is 8.54. The molecule has 0 radical (unpaired) electrons. The number of halogens is 2. The molecule has 0 fully saturated rings. The quantitative estimate of drug-likeness (QED) is 0.313. The summed E-state index contributed by atoms with van der Waals surface area (Å²) in [7, 11) is 0. The molecule has 36 heavy (non-hydrogen) atoms. The summed E-state index contributed by atoms with van der Waals surface area (Å²) < 4.78 is 1.55. The van der Waals surface area contributed by atoms with Crippen molar-refractivity contribution < 1.29 is 4.79 Å². The lowest BCUT2D eigenvalue weighted by Crippen LogP contribution is -2.38. The van der Waals surface area contributed by atoms with Gasteiger partial charge < -0.3 is 10.6 Å². The molecule has 8 heteroatoms.